The van der Waals surface area contributed by atoms with Gasteiger partial charge in [0, 0.05) is 17.0 Å². The van der Waals surface area contributed by atoms with Crippen LogP contribution in [0.25, 0.3) is 11.0 Å². The summed E-state index contributed by atoms with van der Waals surface area (Å²) in [5.74, 6) is 0.754. The second kappa shape index (κ2) is 6.42. The maximum atomic E-state index is 6.26. The van der Waals surface area contributed by atoms with Crippen LogP contribution in [0.15, 0.2) is 28.7 Å². The van der Waals surface area contributed by atoms with Crippen molar-refractivity contribution in [2.24, 2.45) is 5.73 Å². The summed E-state index contributed by atoms with van der Waals surface area (Å²) in [4.78, 5) is 0. The van der Waals surface area contributed by atoms with Gasteiger partial charge in [-0.05, 0) is 37.6 Å². The Morgan fingerprint density at radius 2 is 2.11 bits per heavy atom. The lowest BCUT2D eigenvalue weighted by atomic mass is 10.0. The molecule has 2 aromatic rings. The van der Waals surface area contributed by atoms with Crippen molar-refractivity contribution < 1.29 is 9.15 Å². The Kier molecular flexibility index (Phi) is 4.86. The number of benzene rings is 1. The normalized spacial score (nSPS) is 14.7. The van der Waals surface area contributed by atoms with Crippen molar-refractivity contribution >= 4 is 22.6 Å². The van der Waals surface area contributed by atoms with Gasteiger partial charge in [0.25, 0.3) is 0 Å². The molecule has 0 bridgehead atoms. The Labute approximate surface area is 118 Å². The summed E-state index contributed by atoms with van der Waals surface area (Å²) in [7, 11) is 0. The zero-order valence-electron chi connectivity index (χ0n) is 11.4. The van der Waals surface area contributed by atoms with Gasteiger partial charge in [-0.2, -0.15) is 0 Å². The van der Waals surface area contributed by atoms with Crippen LogP contribution >= 0.6 is 11.6 Å². The van der Waals surface area contributed by atoms with Gasteiger partial charge in [0.1, 0.15) is 11.3 Å². The van der Waals surface area contributed by atoms with E-state index in [1.807, 2.05) is 31.2 Å². The van der Waals surface area contributed by atoms with Crippen molar-refractivity contribution in [2.75, 3.05) is 6.61 Å². The first-order valence-corrected chi connectivity index (χ1v) is 7.09. The smallest absolute Gasteiger partial charge is 0.134 e. The summed E-state index contributed by atoms with van der Waals surface area (Å²) in [5.41, 5.74) is 7.07. The predicted octanol–water partition coefficient (Wildman–Crippen LogP) is 4.29. The van der Waals surface area contributed by atoms with Crippen molar-refractivity contribution in [1.29, 1.82) is 0 Å². The molecule has 3 nitrogen and oxygen atoms in total. The molecule has 19 heavy (non-hydrogen) atoms. The van der Waals surface area contributed by atoms with E-state index in [2.05, 4.69) is 6.92 Å². The molecule has 1 aromatic carbocycles. The topological polar surface area (TPSA) is 48.4 Å². The first-order valence-electron chi connectivity index (χ1n) is 6.71. The standard InChI is InChI=1S/C15H20ClNO2/c1-3-5-13(18-4-2)15(17)14-9-10-8-11(16)6-7-12(10)19-14/h6-9,13,15H,3-5,17H2,1-2H3. The Morgan fingerprint density at radius 3 is 2.79 bits per heavy atom. The van der Waals surface area contributed by atoms with Crippen LogP contribution in [0.3, 0.4) is 0 Å². The number of furan rings is 1. The summed E-state index contributed by atoms with van der Waals surface area (Å²) in [6, 6.07) is 7.27. The third-order valence-corrected chi connectivity index (χ3v) is 3.42. The minimum Gasteiger partial charge on any atom is -0.459 e. The van der Waals surface area contributed by atoms with E-state index in [0.29, 0.717) is 11.6 Å². The SMILES string of the molecule is CCCC(OCC)C(N)c1cc2cc(Cl)ccc2o1. The predicted molar refractivity (Wildman–Crippen MR) is 78.5 cm³/mol. The highest BCUT2D eigenvalue weighted by atomic mass is 35.5. The molecular formula is C15H20ClNO2. The van der Waals surface area contributed by atoms with E-state index in [4.69, 9.17) is 26.5 Å². The maximum Gasteiger partial charge on any atom is 0.134 e. The quantitative estimate of drug-likeness (QED) is 0.859. The van der Waals surface area contributed by atoms with Gasteiger partial charge in [0.05, 0.1) is 12.1 Å². The number of hydrogen-bond donors (Lipinski definition) is 1. The second-order valence-electron chi connectivity index (χ2n) is 4.64. The fraction of sp³-hybridized carbons (Fsp3) is 0.467. The molecule has 1 heterocycles. The van der Waals surface area contributed by atoms with Gasteiger partial charge in [0.2, 0.25) is 0 Å². The molecule has 0 fully saturated rings. The number of fused-ring (bicyclic) bond motifs is 1. The number of halogens is 1. The average molecular weight is 282 g/mol. The van der Waals surface area contributed by atoms with Crippen LogP contribution in [0, 0.1) is 0 Å². The summed E-state index contributed by atoms with van der Waals surface area (Å²) < 4.78 is 11.5. The Morgan fingerprint density at radius 1 is 1.32 bits per heavy atom. The highest BCUT2D eigenvalue weighted by molar-refractivity contribution is 6.31. The molecule has 0 aliphatic rings. The van der Waals surface area contributed by atoms with E-state index < -0.39 is 0 Å². The molecule has 2 unspecified atom stereocenters. The number of nitrogens with two attached hydrogens (primary N) is 1. The van der Waals surface area contributed by atoms with E-state index >= 15 is 0 Å². The third-order valence-electron chi connectivity index (χ3n) is 3.18. The maximum absolute atomic E-state index is 6.26. The summed E-state index contributed by atoms with van der Waals surface area (Å²) >= 11 is 5.97. The van der Waals surface area contributed by atoms with Crippen LogP contribution < -0.4 is 5.73 Å². The van der Waals surface area contributed by atoms with Gasteiger partial charge < -0.3 is 14.9 Å². The molecule has 2 atom stereocenters. The zero-order valence-corrected chi connectivity index (χ0v) is 12.1. The van der Waals surface area contributed by atoms with Crippen LogP contribution in [0.2, 0.25) is 5.02 Å². The third kappa shape index (κ3) is 3.30. The molecule has 104 valence electrons. The highest BCUT2D eigenvalue weighted by Gasteiger charge is 2.22. The van der Waals surface area contributed by atoms with E-state index in [1.54, 1.807) is 0 Å². The first-order chi connectivity index (χ1) is 9.15. The summed E-state index contributed by atoms with van der Waals surface area (Å²) in [6.45, 7) is 4.76. The fourth-order valence-electron chi connectivity index (χ4n) is 2.25. The largest absolute Gasteiger partial charge is 0.459 e. The van der Waals surface area contributed by atoms with Crippen molar-refractivity contribution in [3.05, 3.63) is 35.0 Å². The molecule has 0 aliphatic carbocycles. The molecule has 0 aliphatic heterocycles. The van der Waals surface area contributed by atoms with Crippen molar-refractivity contribution in [2.45, 2.75) is 38.8 Å². The van der Waals surface area contributed by atoms with E-state index in [-0.39, 0.29) is 12.1 Å². The van der Waals surface area contributed by atoms with Gasteiger partial charge in [0.15, 0.2) is 0 Å². The molecule has 2 rings (SSSR count). The number of rotatable bonds is 6. The van der Waals surface area contributed by atoms with Crippen LogP contribution in [-0.4, -0.2) is 12.7 Å². The average Bonchev–Trinajstić information content (AvgIpc) is 2.80. The Balaban J connectivity index is 2.26. The minimum atomic E-state index is -0.244. The van der Waals surface area contributed by atoms with E-state index in [0.717, 1.165) is 29.6 Å². The van der Waals surface area contributed by atoms with Crippen LogP contribution in [0.4, 0.5) is 0 Å². The van der Waals surface area contributed by atoms with Gasteiger partial charge in [-0.1, -0.05) is 24.9 Å². The summed E-state index contributed by atoms with van der Waals surface area (Å²) in [6.07, 6.45) is 1.95. The molecule has 1 aromatic heterocycles. The zero-order chi connectivity index (χ0) is 13.8. The highest BCUT2D eigenvalue weighted by Crippen LogP contribution is 2.28. The molecule has 0 radical (unpaired) electrons. The van der Waals surface area contributed by atoms with Gasteiger partial charge in [-0.3, -0.25) is 0 Å². The van der Waals surface area contributed by atoms with Crippen LogP contribution in [0.1, 0.15) is 38.5 Å². The van der Waals surface area contributed by atoms with Crippen molar-refractivity contribution in [1.82, 2.24) is 0 Å². The molecule has 0 saturated carbocycles. The van der Waals surface area contributed by atoms with Crippen LogP contribution in [-0.2, 0) is 4.74 Å². The monoisotopic (exact) mass is 281 g/mol. The second-order valence-corrected chi connectivity index (χ2v) is 5.08. The molecule has 4 heteroatoms. The lowest BCUT2D eigenvalue weighted by Gasteiger charge is -2.21. The fourth-order valence-corrected chi connectivity index (χ4v) is 2.43. The lowest BCUT2D eigenvalue weighted by Crippen LogP contribution is -2.28. The Bertz CT molecular complexity index is 532. The minimum absolute atomic E-state index is 0.00830. The Hall–Kier alpha value is -1.03. The molecule has 0 amide bonds. The lowest BCUT2D eigenvalue weighted by molar-refractivity contribution is 0.0329. The molecule has 2 N–H and O–H groups in total. The summed E-state index contributed by atoms with van der Waals surface area (Å²) in [5, 5.41) is 1.67. The van der Waals surface area contributed by atoms with Crippen molar-refractivity contribution in [3.8, 4) is 0 Å². The van der Waals surface area contributed by atoms with Crippen molar-refractivity contribution in [3.63, 3.8) is 0 Å². The number of hydrogen-bond acceptors (Lipinski definition) is 3. The molecule has 0 saturated heterocycles. The van der Waals surface area contributed by atoms with E-state index in [1.165, 1.54) is 0 Å². The van der Waals surface area contributed by atoms with Gasteiger partial charge >= 0.3 is 0 Å². The van der Waals surface area contributed by atoms with E-state index in [9.17, 15) is 0 Å². The van der Waals surface area contributed by atoms with Gasteiger partial charge in [-0.15, -0.1) is 0 Å². The molecule has 0 spiro atoms. The molecular weight excluding hydrogens is 262 g/mol. The van der Waals surface area contributed by atoms with Gasteiger partial charge in [-0.25, -0.2) is 0 Å². The van der Waals surface area contributed by atoms with Crippen LogP contribution in [0.5, 0.6) is 0 Å². The first kappa shape index (κ1) is 14.4. The number of ether oxygens (including phenoxy) is 1.